The van der Waals surface area contributed by atoms with Crippen LogP contribution >= 0.6 is 0 Å². The number of nitrogens with zero attached hydrogens (tertiary/aromatic N) is 2. The third kappa shape index (κ3) is 4.77. The van der Waals surface area contributed by atoms with Crippen LogP contribution in [-0.2, 0) is 23.9 Å². The minimum Gasteiger partial charge on any atom is -0.447 e. The summed E-state index contributed by atoms with van der Waals surface area (Å²) < 4.78 is 11.1. The Morgan fingerprint density at radius 3 is 2.39 bits per heavy atom. The number of aryl methyl sites for hydroxylation is 1. The van der Waals surface area contributed by atoms with Gasteiger partial charge >= 0.3 is 5.97 Å². The molecule has 7 heteroatoms. The molecule has 2 atom stereocenters. The van der Waals surface area contributed by atoms with Crippen LogP contribution in [0, 0.1) is 12.8 Å². The van der Waals surface area contributed by atoms with Gasteiger partial charge in [0, 0.05) is 37.3 Å². The highest BCUT2D eigenvalue weighted by molar-refractivity contribution is 5.99. The summed E-state index contributed by atoms with van der Waals surface area (Å²) in [5, 5.41) is 0. The molecule has 4 rings (SSSR count). The maximum Gasteiger partial charge on any atom is 0.312 e. The van der Waals surface area contributed by atoms with Crippen molar-refractivity contribution in [3.05, 3.63) is 65.7 Å². The SMILES string of the molecule is Cc1ccc(N2CC(C(=O)OC(C(=O)N3CCOCC3)c3ccccc3)CC2=O)cc1. The molecule has 0 aromatic heterocycles. The Hall–Kier alpha value is -3.19. The molecule has 2 aliphatic rings. The molecule has 2 amide bonds. The van der Waals surface area contributed by atoms with Gasteiger partial charge in [-0.1, -0.05) is 48.0 Å². The van der Waals surface area contributed by atoms with E-state index in [4.69, 9.17) is 9.47 Å². The van der Waals surface area contributed by atoms with Crippen molar-refractivity contribution in [1.29, 1.82) is 0 Å². The fraction of sp³-hybridized carbons (Fsp3) is 0.375. The lowest BCUT2D eigenvalue weighted by Crippen LogP contribution is -2.44. The lowest BCUT2D eigenvalue weighted by Gasteiger charge is -2.30. The number of esters is 1. The Kier molecular flexibility index (Phi) is 6.32. The molecule has 0 radical (unpaired) electrons. The number of hydrogen-bond donors (Lipinski definition) is 0. The first-order valence-corrected chi connectivity index (χ1v) is 10.5. The molecule has 0 aliphatic carbocycles. The van der Waals surface area contributed by atoms with Crippen LogP contribution in [0.15, 0.2) is 54.6 Å². The molecular formula is C24H26N2O5. The number of ether oxygens (including phenoxy) is 2. The van der Waals surface area contributed by atoms with E-state index in [1.165, 1.54) is 0 Å². The largest absolute Gasteiger partial charge is 0.447 e. The van der Waals surface area contributed by atoms with E-state index in [-0.39, 0.29) is 24.8 Å². The van der Waals surface area contributed by atoms with E-state index < -0.39 is 18.0 Å². The second kappa shape index (κ2) is 9.31. The lowest BCUT2D eigenvalue weighted by molar-refractivity contribution is -0.165. The highest BCUT2D eigenvalue weighted by atomic mass is 16.5. The van der Waals surface area contributed by atoms with Gasteiger partial charge in [0.25, 0.3) is 5.91 Å². The van der Waals surface area contributed by atoms with E-state index in [1.807, 2.05) is 37.3 Å². The van der Waals surface area contributed by atoms with Gasteiger partial charge in [0.15, 0.2) is 0 Å². The van der Waals surface area contributed by atoms with Gasteiger partial charge in [0.1, 0.15) is 0 Å². The van der Waals surface area contributed by atoms with Gasteiger partial charge in [0.2, 0.25) is 12.0 Å². The molecule has 0 spiro atoms. The zero-order valence-electron chi connectivity index (χ0n) is 17.5. The number of morpholine rings is 1. The van der Waals surface area contributed by atoms with Crippen molar-refractivity contribution in [3.8, 4) is 0 Å². The summed E-state index contributed by atoms with van der Waals surface area (Å²) in [6, 6.07) is 16.6. The topological polar surface area (TPSA) is 76.2 Å². The van der Waals surface area contributed by atoms with Crippen LogP contribution in [0.1, 0.15) is 23.7 Å². The summed E-state index contributed by atoms with van der Waals surface area (Å²) >= 11 is 0. The molecule has 2 heterocycles. The van der Waals surface area contributed by atoms with Crippen molar-refractivity contribution in [2.75, 3.05) is 37.7 Å². The van der Waals surface area contributed by atoms with Crippen molar-refractivity contribution in [1.82, 2.24) is 4.90 Å². The Balaban J connectivity index is 1.49. The second-order valence-corrected chi connectivity index (χ2v) is 7.91. The first kappa shape index (κ1) is 21.1. The zero-order valence-corrected chi connectivity index (χ0v) is 17.5. The first-order valence-electron chi connectivity index (χ1n) is 10.5. The van der Waals surface area contributed by atoms with Crippen LogP contribution in [0.25, 0.3) is 0 Å². The Morgan fingerprint density at radius 1 is 1.03 bits per heavy atom. The number of carbonyl (C=O) groups excluding carboxylic acids is 3. The number of anilines is 1. The second-order valence-electron chi connectivity index (χ2n) is 7.91. The zero-order chi connectivity index (χ0) is 21.8. The van der Waals surface area contributed by atoms with Gasteiger partial charge in [-0.15, -0.1) is 0 Å². The molecule has 2 unspecified atom stereocenters. The van der Waals surface area contributed by atoms with Crippen molar-refractivity contribution < 1.29 is 23.9 Å². The predicted molar refractivity (Wildman–Crippen MR) is 114 cm³/mol. The molecule has 0 saturated carbocycles. The predicted octanol–water partition coefficient (Wildman–Crippen LogP) is 2.49. The molecule has 2 aromatic rings. The average molecular weight is 422 g/mol. The maximum absolute atomic E-state index is 13.1. The van der Waals surface area contributed by atoms with Gasteiger partial charge in [-0.3, -0.25) is 14.4 Å². The van der Waals surface area contributed by atoms with Crippen molar-refractivity contribution in [2.45, 2.75) is 19.4 Å². The highest BCUT2D eigenvalue weighted by Crippen LogP contribution is 2.29. The molecule has 7 nitrogen and oxygen atoms in total. The van der Waals surface area contributed by atoms with E-state index in [9.17, 15) is 14.4 Å². The third-order valence-electron chi connectivity index (χ3n) is 5.69. The summed E-state index contributed by atoms with van der Waals surface area (Å²) in [5.41, 5.74) is 2.47. The van der Waals surface area contributed by atoms with Crippen LogP contribution in [0.5, 0.6) is 0 Å². The molecular weight excluding hydrogens is 396 g/mol. The van der Waals surface area contributed by atoms with Gasteiger partial charge < -0.3 is 19.3 Å². The van der Waals surface area contributed by atoms with Gasteiger partial charge in [-0.2, -0.15) is 0 Å². The van der Waals surface area contributed by atoms with E-state index >= 15 is 0 Å². The minimum atomic E-state index is -1.03. The van der Waals surface area contributed by atoms with E-state index in [0.717, 1.165) is 11.3 Å². The van der Waals surface area contributed by atoms with Crippen LogP contribution in [-0.4, -0.2) is 55.5 Å². The Bertz CT molecular complexity index is 938. The van der Waals surface area contributed by atoms with Crippen molar-refractivity contribution in [2.24, 2.45) is 5.92 Å². The van der Waals surface area contributed by atoms with Crippen LogP contribution in [0.3, 0.4) is 0 Å². The Labute approximate surface area is 181 Å². The number of hydrogen-bond acceptors (Lipinski definition) is 5. The molecule has 2 fully saturated rings. The normalized spacial score (nSPS) is 19.9. The van der Waals surface area contributed by atoms with Crippen LogP contribution < -0.4 is 4.90 Å². The molecule has 2 aliphatic heterocycles. The summed E-state index contributed by atoms with van der Waals surface area (Å²) in [6.07, 6.45) is -0.963. The standard InChI is InChI=1S/C24H26N2O5/c1-17-7-9-20(10-8-17)26-16-19(15-21(26)27)24(29)31-22(18-5-3-2-4-6-18)23(28)25-11-13-30-14-12-25/h2-10,19,22H,11-16H2,1H3. The number of carbonyl (C=O) groups is 3. The first-order chi connectivity index (χ1) is 15.0. The number of benzene rings is 2. The highest BCUT2D eigenvalue weighted by Gasteiger charge is 2.39. The maximum atomic E-state index is 13.1. The molecule has 2 aromatic carbocycles. The summed E-state index contributed by atoms with van der Waals surface area (Å²) in [4.78, 5) is 41.9. The van der Waals surface area contributed by atoms with Gasteiger partial charge in [-0.25, -0.2) is 0 Å². The summed E-state index contributed by atoms with van der Waals surface area (Å²) in [7, 11) is 0. The van der Waals surface area contributed by atoms with Crippen LogP contribution in [0.2, 0.25) is 0 Å². The fourth-order valence-electron chi connectivity index (χ4n) is 3.89. The number of rotatable bonds is 5. The smallest absolute Gasteiger partial charge is 0.312 e. The van der Waals surface area contributed by atoms with E-state index in [2.05, 4.69) is 0 Å². The van der Waals surface area contributed by atoms with Gasteiger partial charge in [-0.05, 0) is 19.1 Å². The van der Waals surface area contributed by atoms with Crippen LogP contribution in [0.4, 0.5) is 5.69 Å². The van der Waals surface area contributed by atoms with Gasteiger partial charge in [0.05, 0.1) is 19.1 Å². The summed E-state index contributed by atoms with van der Waals surface area (Å²) in [5.74, 6) is -1.53. The van der Waals surface area contributed by atoms with E-state index in [1.54, 1.807) is 34.1 Å². The number of amides is 2. The fourth-order valence-corrected chi connectivity index (χ4v) is 3.89. The quantitative estimate of drug-likeness (QED) is 0.692. The average Bonchev–Trinajstić information content (AvgIpc) is 3.20. The molecule has 0 bridgehead atoms. The Morgan fingerprint density at radius 2 is 1.71 bits per heavy atom. The monoisotopic (exact) mass is 422 g/mol. The van der Waals surface area contributed by atoms with E-state index in [0.29, 0.717) is 31.9 Å². The molecule has 2 saturated heterocycles. The van der Waals surface area contributed by atoms with Crippen molar-refractivity contribution >= 4 is 23.5 Å². The third-order valence-corrected chi connectivity index (χ3v) is 5.69. The van der Waals surface area contributed by atoms with Crippen molar-refractivity contribution in [3.63, 3.8) is 0 Å². The minimum absolute atomic E-state index is 0.0694. The lowest BCUT2D eigenvalue weighted by atomic mass is 10.1. The molecule has 0 N–H and O–H groups in total. The summed E-state index contributed by atoms with van der Waals surface area (Å²) in [6.45, 7) is 4.07. The molecule has 31 heavy (non-hydrogen) atoms. The molecule has 162 valence electrons.